The van der Waals surface area contributed by atoms with Gasteiger partial charge in [0.15, 0.2) is 0 Å². The summed E-state index contributed by atoms with van der Waals surface area (Å²) in [5, 5.41) is 16.1. The van der Waals surface area contributed by atoms with Crippen molar-refractivity contribution in [3.05, 3.63) is 29.4 Å². The van der Waals surface area contributed by atoms with Crippen LogP contribution in [0.15, 0.2) is 19.0 Å². The first kappa shape index (κ1) is 16.4. The van der Waals surface area contributed by atoms with Crippen LogP contribution in [0.1, 0.15) is 29.1 Å². The highest BCUT2D eigenvalue weighted by Crippen LogP contribution is 2.33. The van der Waals surface area contributed by atoms with Gasteiger partial charge in [-0.25, -0.2) is 9.97 Å². The third kappa shape index (κ3) is 3.26. The quantitative estimate of drug-likeness (QED) is 0.710. The van der Waals surface area contributed by atoms with E-state index < -0.39 is 5.54 Å². The number of carbonyl (C=O) groups is 1. The second kappa shape index (κ2) is 6.41. The average Bonchev–Trinajstić information content (AvgIpc) is 2.83. The molecule has 0 aliphatic carbocycles. The van der Waals surface area contributed by atoms with Crippen molar-refractivity contribution >= 4 is 33.3 Å². The van der Waals surface area contributed by atoms with Gasteiger partial charge in [0, 0.05) is 6.54 Å². The zero-order valence-corrected chi connectivity index (χ0v) is 13.8. The normalized spacial score (nSPS) is 11.5. The lowest BCUT2D eigenvalue weighted by atomic mass is 10.1. The number of anilines is 1. The van der Waals surface area contributed by atoms with Gasteiger partial charge >= 0.3 is 0 Å². The number of nitrogens with zero attached hydrogens (tertiary/aromatic N) is 2. The molecule has 1 amide bonds. The minimum atomic E-state index is -0.671. The Balaban J connectivity index is 2.42. The van der Waals surface area contributed by atoms with Crippen molar-refractivity contribution in [1.29, 1.82) is 0 Å². The van der Waals surface area contributed by atoms with E-state index in [0.717, 1.165) is 15.8 Å². The molecule has 0 unspecified atom stereocenters. The van der Waals surface area contributed by atoms with Gasteiger partial charge in [-0.1, -0.05) is 6.08 Å². The van der Waals surface area contributed by atoms with Crippen LogP contribution in [0.2, 0.25) is 0 Å². The molecule has 22 heavy (non-hydrogen) atoms. The monoisotopic (exact) mass is 320 g/mol. The molecule has 2 heterocycles. The third-order valence-corrected chi connectivity index (χ3v) is 4.39. The van der Waals surface area contributed by atoms with E-state index in [1.165, 1.54) is 17.7 Å². The van der Waals surface area contributed by atoms with Crippen molar-refractivity contribution in [1.82, 2.24) is 15.3 Å². The van der Waals surface area contributed by atoms with E-state index >= 15 is 0 Å². The molecule has 118 valence electrons. The number of aryl methyl sites for hydroxylation is 1. The minimum absolute atomic E-state index is 0.130. The first-order chi connectivity index (χ1) is 10.4. The minimum Gasteiger partial charge on any atom is -0.394 e. The second-order valence-electron chi connectivity index (χ2n) is 5.62. The molecule has 0 saturated heterocycles. The lowest BCUT2D eigenvalue weighted by Crippen LogP contribution is -2.46. The van der Waals surface area contributed by atoms with Crippen molar-refractivity contribution in [3.8, 4) is 0 Å². The number of fused-ring (bicyclic) bond motifs is 1. The molecule has 0 bridgehead atoms. The lowest BCUT2D eigenvalue weighted by Gasteiger charge is -2.23. The van der Waals surface area contributed by atoms with Crippen LogP contribution < -0.4 is 10.6 Å². The Kier molecular flexibility index (Phi) is 4.77. The summed E-state index contributed by atoms with van der Waals surface area (Å²) in [4.78, 5) is 22.3. The summed E-state index contributed by atoms with van der Waals surface area (Å²) in [5.41, 5.74) is 0.161. The first-order valence-corrected chi connectivity index (χ1v) is 7.73. The number of hydrogen-bond acceptors (Lipinski definition) is 6. The van der Waals surface area contributed by atoms with Gasteiger partial charge in [0.1, 0.15) is 17.0 Å². The zero-order chi connectivity index (χ0) is 16.3. The van der Waals surface area contributed by atoms with E-state index in [1.807, 2.05) is 6.92 Å². The van der Waals surface area contributed by atoms with Gasteiger partial charge in [0.2, 0.25) is 0 Å². The van der Waals surface area contributed by atoms with E-state index in [4.69, 9.17) is 0 Å². The maximum absolute atomic E-state index is 12.4. The molecule has 0 aliphatic heterocycles. The number of carbonyl (C=O) groups excluding carboxylic acids is 1. The van der Waals surface area contributed by atoms with E-state index in [0.29, 0.717) is 17.2 Å². The van der Waals surface area contributed by atoms with E-state index in [-0.39, 0.29) is 12.5 Å². The molecular formula is C15H20N4O2S. The second-order valence-corrected chi connectivity index (χ2v) is 6.62. The number of aliphatic hydroxyl groups excluding tert-OH is 1. The summed E-state index contributed by atoms with van der Waals surface area (Å²) in [6, 6.07) is 0. The van der Waals surface area contributed by atoms with Crippen LogP contribution in [-0.4, -0.2) is 39.7 Å². The molecule has 0 saturated carbocycles. The fourth-order valence-electron chi connectivity index (χ4n) is 1.99. The Bertz CT molecular complexity index is 709. The summed E-state index contributed by atoms with van der Waals surface area (Å²) >= 11 is 1.32. The van der Waals surface area contributed by atoms with Crippen LogP contribution in [0.3, 0.4) is 0 Å². The molecule has 0 radical (unpaired) electrons. The number of amides is 1. The Hall–Kier alpha value is -1.99. The van der Waals surface area contributed by atoms with Gasteiger partial charge < -0.3 is 15.7 Å². The molecule has 0 spiro atoms. The van der Waals surface area contributed by atoms with Crippen molar-refractivity contribution in [3.63, 3.8) is 0 Å². The summed E-state index contributed by atoms with van der Waals surface area (Å²) in [6.45, 7) is 9.54. The van der Waals surface area contributed by atoms with Crippen LogP contribution >= 0.6 is 11.3 Å². The largest absolute Gasteiger partial charge is 0.394 e. The van der Waals surface area contributed by atoms with Crippen LogP contribution in [0.25, 0.3) is 10.2 Å². The maximum atomic E-state index is 12.4. The van der Waals surface area contributed by atoms with E-state index in [1.54, 1.807) is 19.9 Å². The Morgan fingerprint density at radius 2 is 2.23 bits per heavy atom. The predicted molar refractivity (Wildman–Crippen MR) is 89.5 cm³/mol. The van der Waals surface area contributed by atoms with E-state index in [9.17, 15) is 9.90 Å². The summed E-state index contributed by atoms with van der Waals surface area (Å²) < 4.78 is 0. The van der Waals surface area contributed by atoms with Crippen molar-refractivity contribution in [2.75, 3.05) is 18.5 Å². The molecule has 2 aromatic heterocycles. The van der Waals surface area contributed by atoms with Gasteiger partial charge in [-0.2, -0.15) is 0 Å². The van der Waals surface area contributed by atoms with Crippen molar-refractivity contribution < 1.29 is 9.90 Å². The maximum Gasteiger partial charge on any atom is 0.262 e. The average molecular weight is 320 g/mol. The molecular weight excluding hydrogens is 300 g/mol. The third-order valence-electron chi connectivity index (χ3n) is 3.19. The topological polar surface area (TPSA) is 87.1 Å². The standard InChI is InChI=1S/C15H20N4O2S/c1-5-6-16-12-10-9(2)11(22-14(10)18-8-17-12)13(21)19-15(3,4)7-20/h5,8,20H,1,6-7H2,2-4H3,(H,19,21)(H,16,17,18). The molecule has 0 atom stereocenters. The van der Waals surface area contributed by atoms with Gasteiger partial charge in [-0.05, 0) is 26.3 Å². The van der Waals surface area contributed by atoms with Crippen LogP contribution in [0, 0.1) is 6.92 Å². The molecule has 7 heteroatoms. The Morgan fingerprint density at radius 1 is 1.50 bits per heavy atom. The number of hydrogen-bond donors (Lipinski definition) is 3. The number of aliphatic hydroxyl groups is 1. The fourth-order valence-corrected chi connectivity index (χ4v) is 3.04. The summed E-state index contributed by atoms with van der Waals surface area (Å²) in [6.07, 6.45) is 3.22. The fraction of sp³-hybridized carbons (Fsp3) is 0.400. The SMILES string of the molecule is C=CCNc1ncnc2sc(C(=O)NC(C)(C)CO)c(C)c12. The molecule has 2 rings (SSSR count). The molecule has 3 N–H and O–H groups in total. The van der Waals surface area contributed by atoms with Crippen LogP contribution in [-0.2, 0) is 0 Å². The van der Waals surface area contributed by atoms with E-state index in [2.05, 4.69) is 27.2 Å². The Labute approximate surface area is 133 Å². The zero-order valence-electron chi connectivity index (χ0n) is 12.9. The lowest BCUT2D eigenvalue weighted by molar-refractivity contribution is 0.0873. The number of thiophene rings is 1. The smallest absolute Gasteiger partial charge is 0.262 e. The van der Waals surface area contributed by atoms with Crippen LogP contribution in [0.5, 0.6) is 0 Å². The molecule has 0 aliphatic rings. The number of aromatic nitrogens is 2. The first-order valence-electron chi connectivity index (χ1n) is 6.92. The number of nitrogens with one attached hydrogen (secondary N) is 2. The highest BCUT2D eigenvalue weighted by molar-refractivity contribution is 7.20. The van der Waals surface area contributed by atoms with Gasteiger partial charge in [-0.3, -0.25) is 4.79 Å². The molecule has 2 aromatic rings. The van der Waals surface area contributed by atoms with Crippen molar-refractivity contribution in [2.45, 2.75) is 26.3 Å². The van der Waals surface area contributed by atoms with Gasteiger partial charge in [0.25, 0.3) is 5.91 Å². The van der Waals surface area contributed by atoms with Crippen LogP contribution in [0.4, 0.5) is 5.82 Å². The molecule has 0 fully saturated rings. The van der Waals surface area contributed by atoms with Gasteiger partial charge in [-0.15, -0.1) is 17.9 Å². The highest BCUT2D eigenvalue weighted by Gasteiger charge is 2.24. The molecule has 0 aromatic carbocycles. The Morgan fingerprint density at radius 3 is 2.86 bits per heavy atom. The molecule has 6 nitrogen and oxygen atoms in total. The summed E-state index contributed by atoms with van der Waals surface area (Å²) in [7, 11) is 0. The van der Waals surface area contributed by atoms with Crippen molar-refractivity contribution in [2.24, 2.45) is 0 Å². The number of rotatable bonds is 6. The predicted octanol–water partition coefficient (Wildman–Crippen LogP) is 2.10. The highest BCUT2D eigenvalue weighted by atomic mass is 32.1. The van der Waals surface area contributed by atoms with Gasteiger partial charge in [0.05, 0.1) is 22.4 Å². The summed E-state index contributed by atoms with van der Waals surface area (Å²) in [5.74, 6) is 0.480.